The van der Waals surface area contributed by atoms with Gasteiger partial charge in [0.1, 0.15) is 0 Å². The van der Waals surface area contributed by atoms with E-state index in [1.165, 1.54) is 25.7 Å². The molecule has 5 nitrogen and oxygen atoms in total. The van der Waals surface area contributed by atoms with Crippen LogP contribution in [-0.4, -0.2) is 27.2 Å². The molecule has 0 bridgehead atoms. The molecule has 2 N–H and O–H groups in total. The summed E-state index contributed by atoms with van der Waals surface area (Å²) < 4.78 is 8.05. The van der Waals surface area contributed by atoms with Crippen molar-refractivity contribution in [2.45, 2.75) is 63.1 Å². The second-order valence-corrected chi connectivity index (χ2v) is 5.80. The van der Waals surface area contributed by atoms with Crippen LogP contribution in [0.3, 0.4) is 0 Å². The van der Waals surface area contributed by atoms with E-state index in [2.05, 4.69) is 10.3 Å². The predicted octanol–water partition coefficient (Wildman–Crippen LogP) is 1.96. The van der Waals surface area contributed by atoms with E-state index in [1.807, 2.05) is 17.8 Å². The van der Waals surface area contributed by atoms with Crippen molar-refractivity contribution in [1.82, 2.24) is 15.0 Å². The fraction of sp³-hybridized carbons (Fsp3) is 0.846. The smallest absolute Gasteiger partial charge is 0.0991 e. The van der Waals surface area contributed by atoms with Gasteiger partial charge in [-0.1, -0.05) is 18.1 Å². The van der Waals surface area contributed by atoms with E-state index in [0.29, 0.717) is 6.04 Å². The lowest BCUT2D eigenvalue weighted by atomic mass is 9.89. The van der Waals surface area contributed by atoms with Crippen molar-refractivity contribution in [2.75, 3.05) is 6.61 Å². The molecule has 1 aliphatic heterocycles. The molecule has 0 radical (unpaired) electrons. The molecule has 2 aliphatic rings. The molecule has 1 saturated carbocycles. The average molecular weight is 250 g/mol. The summed E-state index contributed by atoms with van der Waals surface area (Å²) >= 11 is 0. The molecule has 0 amide bonds. The van der Waals surface area contributed by atoms with Crippen LogP contribution in [0.25, 0.3) is 0 Å². The van der Waals surface area contributed by atoms with E-state index in [4.69, 9.17) is 10.5 Å². The summed E-state index contributed by atoms with van der Waals surface area (Å²) in [4.78, 5) is 0. The summed E-state index contributed by atoms with van der Waals surface area (Å²) in [5.74, 6) is 0. The van der Waals surface area contributed by atoms with Crippen molar-refractivity contribution in [2.24, 2.45) is 5.73 Å². The first kappa shape index (κ1) is 12.1. The molecule has 1 aliphatic carbocycles. The van der Waals surface area contributed by atoms with Gasteiger partial charge >= 0.3 is 0 Å². The molecule has 0 aromatic carbocycles. The Hall–Kier alpha value is -0.940. The summed E-state index contributed by atoms with van der Waals surface area (Å²) in [6.07, 6.45) is 9.13. The largest absolute Gasteiger partial charge is 0.375 e. The number of nitrogens with two attached hydrogens (primary N) is 1. The van der Waals surface area contributed by atoms with Crippen LogP contribution in [-0.2, 0) is 4.74 Å². The minimum Gasteiger partial charge on any atom is -0.375 e. The molecule has 3 rings (SSSR count). The van der Waals surface area contributed by atoms with Gasteiger partial charge in [0.05, 0.1) is 23.5 Å². The first-order valence-corrected chi connectivity index (χ1v) is 7.00. The molecular weight excluding hydrogens is 228 g/mol. The maximum absolute atomic E-state index is 6.05. The van der Waals surface area contributed by atoms with Crippen LogP contribution in [0.1, 0.15) is 63.2 Å². The van der Waals surface area contributed by atoms with Gasteiger partial charge in [-0.3, -0.25) is 0 Å². The van der Waals surface area contributed by atoms with Gasteiger partial charge in [0, 0.05) is 12.6 Å². The highest BCUT2D eigenvalue weighted by atomic mass is 16.5. The molecule has 1 spiro atoms. The molecule has 100 valence electrons. The van der Waals surface area contributed by atoms with Gasteiger partial charge in [-0.25, -0.2) is 4.68 Å². The van der Waals surface area contributed by atoms with Crippen molar-refractivity contribution in [3.63, 3.8) is 0 Å². The third kappa shape index (κ3) is 2.17. The van der Waals surface area contributed by atoms with Crippen molar-refractivity contribution < 1.29 is 4.74 Å². The van der Waals surface area contributed by atoms with E-state index in [9.17, 15) is 0 Å². The predicted molar refractivity (Wildman–Crippen MR) is 68.0 cm³/mol. The number of ether oxygens (including phenoxy) is 1. The second kappa shape index (κ2) is 4.63. The third-order valence-corrected chi connectivity index (χ3v) is 4.35. The van der Waals surface area contributed by atoms with Gasteiger partial charge < -0.3 is 10.5 Å². The van der Waals surface area contributed by atoms with Crippen LogP contribution in [0.5, 0.6) is 0 Å². The molecule has 1 aromatic heterocycles. The maximum Gasteiger partial charge on any atom is 0.0991 e. The monoisotopic (exact) mass is 250 g/mol. The van der Waals surface area contributed by atoms with Crippen molar-refractivity contribution in [1.29, 1.82) is 0 Å². The highest BCUT2D eigenvalue weighted by molar-refractivity contribution is 5.00. The van der Waals surface area contributed by atoms with Crippen molar-refractivity contribution >= 4 is 0 Å². The van der Waals surface area contributed by atoms with Crippen LogP contribution in [0.4, 0.5) is 0 Å². The molecule has 2 unspecified atom stereocenters. The molecule has 18 heavy (non-hydrogen) atoms. The van der Waals surface area contributed by atoms with Crippen molar-refractivity contribution in [3.8, 4) is 0 Å². The number of hydrogen-bond acceptors (Lipinski definition) is 4. The molecule has 5 heteroatoms. The maximum atomic E-state index is 6.05. The average Bonchev–Trinajstić information content (AvgIpc) is 2.98. The van der Waals surface area contributed by atoms with Crippen LogP contribution in [0.15, 0.2) is 6.20 Å². The lowest BCUT2D eigenvalue weighted by Gasteiger charge is -2.38. The minimum atomic E-state index is -0.0426. The van der Waals surface area contributed by atoms with Gasteiger partial charge in [-0.2, -0.15) is 0 Å². The van der Waals surface area contributed by atoms with E-state index < -0.39 is 0 Å². The van der Waals surface area contributed by atoms with Gasteiger partial charge in [0.15, 0.2) is 0 Å². The zero-order valence-electron chi connectivity index (χ0n) is 11.0. The lowest BCUT2D eigenvalue weighted by Crippen LogP contribution is -2.38. The van der Waals surface area contributed by atoms with Gasteiger partial charge in [0.2, 0.25) is 0 Å². The third-order valence-electron chi connectivity index (χ3n) is 4.35. The molecule has 1 saturated heterocycles. The zero-order valence-corrected chi connectivity index (χ0v) is 11.0. The van der Waals surface area contributed by atoms with Crippen LogP contribution in [0.2, 0.25) is 0 Å². The fourth-order valence-electron chi connectivity index (χ4n) is 3.27. The Morgan fingerprint density at radius 1 is 1.50 bits per heavy atom. The van der Waals surface area contributed by atoms with Crippen LogP contribution >= 0.6 is 0 Å². The highest BCUT2D eigenvalue weighted by Gasteiger charge is 2.40. The number of aromatic nitrogens is 3. The van der Waals surface area contributed by atoms with Crippen LogP contribution in [0, 0.1) is 0 Å². The second-order valence-electron chi connectivity index (χ2n) is 5.80. The Balaban J connectivity index is 1.75. The molecular formula is C13H22N4O. The summed E-state index contributed by atoms with van der Waals surface area (Å²) in [7, 11) is 0. The minimum absolute atomic E-state index is 0.0426. The summed E-state index contributed by atoms with van der Waals surface area (Å²) in [6, 6.07) is 0.385. The van der Waals surface area contributed by atoms with Gasteiger partial charge in [-0.05, 0) is 32.6 Å². The Morgan fingerprint density at radius 2 is 2.28 bits per heavy atom. The van der Waals surface area contributed by atoms with Crippen molar-refractivity contribution in [3.05, 3.63) is 11.9 Å². The number of nitrogens with zero attached hydrogens (tertiary/aromatic N) is 3. The van der Waals surface area contributed by atoms with Gasteiger partial charge in [-0.15, -0.1) is 5.10 Å². The topological polar surface area (TPSA) is 66.0 Å². The zero-order chi connectivity index (χ0) is 12.6. The van der Waals surface area contributed by atoms with E-state index in [0.717, 1.165) is 25.1 Å². The summed E-state index contributed by atoms with van der Waals surface area (Å²) in [5, 5.41) is 8.40. The van der Waals surface area contributed by atoms with Crippen LogP contribution < -0.4 is 5.73 Å². The highest BCUT2D eigenvalue weighted by Crippen LogP contribution is 2.43. The molecule has 1 aromatic rings. The summed E-state index contributed by atoms with van der Waals surface area (Å²) in [6.45, 7) is 2.79. The standard InChI is InChI=1S/C13H22N4O/c1-10(14)12-9-17(16-15-12)11-4-7-18-13(8-11)5-2-3-6-13/h9-11H,2-8,14H2,1H3. The first-order valence-electron chi connectivity index (χ1n) is 7.00. The Morgan fingerprint density at radius 3 is 2.94 bits per heavy atom. The van der Waals surface area contributed by atoms with E-state index in [1.54, 1.807) is 0 Å². The SMILES string of the molecule is CC(N)c1cn(C2CCOC3(CCCC3)C2)nn1. The Labute approximate surface area is 108 Å². The van der Waals surface area contributed by atoms with E-state index >= 15 is 0 Å². The lowest BCUT2D eigenvalue weighted by molar-refractivity contribution is -0.0911. The Bertz CT molecular complexity index is 409. The molecule has 2 fully saturated rings. The summed E-state index contributed by atoms with van der Waals surface area (Å²) in [5.41, 5.74) is 6.84. The quantitative estimate of drug-likeness (QED) is 0.871. The molecule has 2 atom stereocenters. The first-order chi connectivity index (χ1) is 8.69. The number of rotatable bonds is 2. The number of hydrogen-bond donors (Lipinski definition) is 1. The van der Waals surface area contributed by atoms with Gasteiger partial charge in [0.25, 0.3) is 0 Å². The molecule has 2 heterocycles. The van der Waals surface area contributed by atoms with E-state index in [-0.39, 0.29) is 11.6 Å². The Kier molecular flexibility index (Phi) is 3.11. The normalized spacial score (nSPS) is 28.7. The fourth-order valence-corrected chi connectivity index (χ4v) is 3.27.